The second-order valence-electron chi connectivity index (χ2n) is 7.74. The van der Waals surface area contributed by atoms with Gasteiger partial charge in [0.15, 0.2) is 0 Å². The lowest BCUT2D eigenvalue weighted by Crippen LogP contribution is -2.10. The number of hydrogen-bond donors (Lipinski definition) is 1. The molecule has 28 heavy (non-hydrogen) atoms. The van der Waals surface area contributed by atoms with Gasteiger partial charge in [0, 0.05) is 0 Å². The maximum absolute atomic E-state index is 10.3. The van der Waals surface area contributed by atoms with Crippen LogP contribution in [0.4, 0.5) is 0 Å². The number of fused-ring (bicyclic) bond motifs is 3. The summed E-state index contributed by atoms with van der Waals surface area (Å²) in [6, 6.07) is 28.3. The molecule has 1 nitrogen and oxygen atoms in total. The molecule has 1 unspecified atom stereocenters. The summed E-state index contributed by atoms with van der Waals surface area (Å²) in [5.41, 5.74) is 3.70. The molecular formula is C27H28O. The van der Waals surface area contributed by atoms with Gasteiger partial charge in [0.05, 0.1) is 6.10 Å². The molecule has 1 N–H and O–H groups in total. The molecule has 0 aliphatic heterocycles. The highest BCUT2D eigenvalue weighted by atomic mass is 16.3. The first kappa shape index (κ1) is 18.7. The molecule has 0 aliphatic carbocycles. The zero-order valence-electron chi connectivity index (χ0n) is 16.6. The molecule has 0 bridgehead atoms. The van der Waals surface area contributed by atoms with Crippen molar-refractivity contribution in [2.24, 2.45) is 0 Å². The largest absolute Gasteiger partial charge is 0.393 e. The summed E-state index contributed by atoms with van der Waals surface area (Å²) in [7, 11) is 0. The fourth-order valence-corrected chi connectivity index (χ4v) is 4.12. The summed E-state index contributed by atoms with van der Waals surface area (Å²) in [6.07, 6.45) is 4.90. The van der Waals surface area contributed by atoms with Crippen LogP contribution in [0.5, 0.6) is 0 Å². The second kappa shape index (κ2) is 8.58. The van der Waals surface area contributed by atoms with Crippen LogP contribution >= 0.6 is 0 Å². The topological polar surface area (TPSA) is 20.2 Å². The normalized spacial score (nSPS) is 12.5. The summed E-state index contributed by atoms with van der Waals surface area (Å²) >= 11 is 0. The van der Waals surface area contributed by atoms with Gasteiger partial charge < -0.3 is 5.11 Å². The minimum Gasteiger partial charge on any atom is -0.393 e. The number of rotatable bonds is 7. The Morgan fingerprint density at radius 1 is 0.750 bits per heavy atom. The minimum absolute atomic E-state index is 0.237. The first-order chi connectivity index (χ1) is 13.8. The van der Waals surface area contributed by atoms with Crippen molar-refractivity contribution in [1.29, 1.82) is 0 Å². The van der Waals surface area contributed by atoms with Gasteiger partial charge in [-0.25, -0.2) is 0 Å². The molecule has 1 atom stereocenters. The quantitative estimate of drug-likeness (QED) is 0.271. The van der Waals surface area contributed by atoms with Crippen LogP contribution in [-0.2, 0) is 6.42 Å². The fourth-order valence-electron chi connectivity index (χ4n) is 4.12. The Morgan fingerprint density at radius 2 is 1.43 bits per heavy atom. The third-order valence-corrected chi connectivity index (χ3v) is 5.65. The first-order valence-electron chi connectivity index (χ1n) is 10.4. The standard InChI is InChI=1S/C27H28O/c1-2-3-4-10-23(28)18-20-14-16-21(17-15-20)27-19-22-9-5-6-11-24(22)25-12-7-8-13-26(25)27/h5-9,11-17,19,23,28H,2-4,10,18H2,1H3. The van der Waals surface area contributed by atoms with Crippen LogP contribution in [0.2, 0.25) is 0 Å². The number of hydrogen-bond acceptors (Lipinski definition) is 1. The van der Waals surface area contributed by atoms with Gasteiger partial charge in [0.25, 0.3) is 0 Å². The molecule has 0 spiro atoms. The summed E-state index contributed by atoms with van der Waals surface area (Å²) in [6.45, 7) is 2.20. The average Bonchev–Trinajstić information content (AvgIpc) is 2.74. The van der Waals surface area contributed by atoms with Crippen molar-refractivity contribution in [3.05, 3.63) is 84.4 Å². The van der Waals surface area contributed by atoms with Crippen molar-refractivity contribution in [2.75, 3.05) is 0 Å². The Labute approximate surface area is 167 Å². The van der Waals surface area contributed by atoms with Crippen LogP contribution in [0.3, 0.4) is 0 Å². The summed E-state index contributed by atoms with van der Waals surface area (Å²) in [5.74, 6) is 0. The number of aliphatic hydroxyl groups excluding tert-OH is 1. The molecule has 1 heteroatoms. The Balaban J connectivity index is 1.64. The molecule has 4 rings (SSSR count). The maximum atomic E-state index is 10.3. The van der Waals surface area contributed by atoms with Crippen molar-refractivity contribution in [1.82, 2.24) is 0 Å². The third-order valence-electron chi connectivity index (χ3n) is 5.65. The highest BCUT2D eigenvalue weighted by Crippen LogP contribution is 2.34. The zero-order valence-corrected chi connectivity index (χ0v) is 16.6. The lowest BCUT2D eigenvalue weighted by Gasteiger charge is -2.13. The van der Waals surface area contributed by atoms with E-state index in [1.807, 2.05) is 0 Å². The van der Waals surface area contributed by atoms with Crippen LogP contribution in [0.1, 0.15) is 38.2 Å². The van der Waals surface area contributed by atoms with Crippen molar-refractivity contribution < 1.29 is 5.11 Å². The van der Waals surface area contributed by atoms with Gasteiger partial charge in [0.2, 0.25) is 0 Å². The molecule has 0 aromatic heterocycles. The highest BCUT2D eigenvalue weighted by molar-refractivity contribution is 6.13. The second-order valence-corrected chi connectivity index (χ2v) is 7.74. The fraction of sp³-hybridized carbons (Fsp3) is 0.259. The lowest BCUT2D eigenvalue weighted by atomic mass is 9.92. The third kappa shape index (κ3) is 3.95. The van der Waals surface area contributed by atoms with Crippen molar-refractivity contribution in [2.45, 2.75) is 45.1 Å². The number of unbranched alkanes of at least 4 members (excludes halogenated alkanes) is 2. The molecule has 4 aromatic rings. The Kier molecular flexibility index (Phi) is 5.73. The van der Waals surface area contributed by atoms with Gasteiger partial charge in [-0.3, -0.25) is 0 Å². The maximum Gasteiger partial charge on any atom is 0.0580 e. The van der Waals surface area contributed by atoms with E-state index in [0.717, 1.165) is 19.3 Å². The van der Waals surface area contributed by atoms with Gasteiger partial charge in [-0.2, -0.15) is 0 Å². The van der Waals surface area contributed by atoms with Gasteiger partial charge in [-0.15, -0.1) is 0 Å². The molecule has 0 amide bonds. The molecule has 0 fully saturated rings. The van der Waals surface area contributed by atoms with E-state index in [1.54, 1.807) is 0 Å². The number of benzene rings is 4. The van der Waals surface area contributed by atoms with Crippen LogP contribution in [-0.4, -0.2) is 11.2 Å². The van der Waals surface area contributed by atoms with E-state index in [-0.39, 0.29) is 6.10 Å². The van der Waals surface area contributed by atoms with Crippen molar-refractivity contribution in [3.8, 4) is 11.1 Å². The van der Waals surface area contributed by atoms with Gasteiger partial charge in [-0.1, -0.05) is 99.0 Å². The molecule has 0 aliphatic rings. The van der Waals surface area contributed by atoms with Gasteiger partial charge in [0.1, 0.15) is 0 Å². The summed E-state index contributed by atoms with van der Waals surface area (Å²) < 4.78 is 0. The summed E-state index contributed by atoms with van der Waals surface area (Å²) in [4.78, 5) is 0. The van der Waals surface area contributed by atoms with Gasteiger partial charge in [-0.05, 0) is 57.1 Å². The first-order valence-corrected chi connectivity index (χ1v) is 10.4. The van der Waals surface area contributed by atoms with Crippen molar-refractivity contribution in [3.63, 3.8) is 0 Å². The van der Waals surface area contributed by atoms with Crippen LogP contribution < -0.4 is 0 Å². The van der Waals surface area contributed by atoms with E-state index in [1.165, 1.54) is 51.1 Å². The number of aliphatic hydroxyl groups is 1. The lowest BCUT2D eigenvalue weighted by molar-refractivity contribution is 0.161. The van der Waals surface area contributed by atoms with E-state index < -0.39 is 0 Å². The molecule has 0 radical (unpaired) electrons. The molecule has 0 saturated heterocycles. The molecule has 4 aromatic carbocycles. The molecule has 0 heterocycles. The van der Waals surface area contributed by atoms with Crippen molar-refractivity contribution >= 4 is 21.5 Å². The van der Waals surface area contributed by atoms with E-state index in [9.17, 15) is 5.11 Å². The monoisotopic (exact) mass is 368 g/mol. The van der Waals surface area contributed by atoms with E-state index in [0.29, 0.717) is 0 Å². The smallest absolute Gasteiger partial charge is 0.0580 e. The van der Waals surface area contributed by atoms with Crippen LogP contribution in [0.15, 0.2) is 78.9 Å². The molecule has 142 valence electrons. The average molecular weight is 369 g/mol. The summed E-state index contributed by atoms with van der Waals surface area (Å²) in [5, 5.41) is 15.4. The Hall–Kier alpha value is -2.64. The van der Waals surface area contributed by atoms with Crippen LogP contribution in [0, 0.1) is 0 Å². The highest BCUT2D eigenvalue weighted by Gasteiger charge is 2.09. The SMILES string of the molecule is CCCCCC(O)Cc1ccc(-c2cc3ccccc3c3ccccc23)cc1. The predicted molar refractivity (Wildman–Crippen MR) is 121 cm³/mol. The molecular weight excluding hydrogens is 340 g/mol. The van der Waals surface area contributed by atoms with Crippen LogP contribution in [0.25, 0.3) is 32.7 Å². The van der Waals surface area contributed by atoms with Gasteiger partial charge >= 0.3 is 0 Å². The predicted octanol–water partition coefficient (Wildman–Crippen LogP) is 7.14. The van der Waals surface area contributed by atoms with E-state index >= 15 is 0 Å². The molecule has 0 saturated carbocycles. The Morgan fingerprint density at radius 3 is 2.18 bits per heavy atom. The minimum atomic E-state index is -0.237. The van der Waals surface area contributed by atoms with E-state index in [2.05, 4.69) is 85.8 Å². The van der Waals surface area contributed by atoms with E-state index in [4.69, 9.17) is 0 Å². The zero-order chi connectivity index (χ0) is 19.3. The Bertz CT molecular complexity index is 1060.